The third-order valence-electron chi connectivity index (χ3n) is 9.22. The molecule has 0 radical (unpaired) electrons. The first-order chi connectivity index (χ1) is 21.3. The van der Waals surface area contributed by atoms with Gasteiger partial charge in [-0.15, -0.1) is 0 Å². The lowest BCUT2D eigenvalue weighted by atomic mass is 9.77. The van der Waals surface area contributed by atoms with Crippen molar-refractivity contribution in [2.45, 2.75) is 64.1 Å². The van der Waals surface area contributed by atoms with Gasteiger partial charge < -0.3 is 20.4 Å². The van der Waals surface area contributed by atoms with Crippen LogP contribution >= 0.6 is 0 Å². The summed E-state index contributed by atoms with van der Waals surface area (Å²) in [6, 6.07) is 13.6. The normalized spacial score (nSPS) is 26.1. The number of pyridine rings is 1. The van der Waals surface area contributed by atoms with Gasteiger partial charge in [0.15, 0.2) is 5.82 Å². The predicted molar refractivity (Wildman–Crippen MR) is 163 cm³/mol. The van der Waals surface area contributed by atoms with Crippen molar-refractivity contribution in [3.8, 4) is 5.82 Å². The average Bonchev–Trinajstić information content (AvgIpc) is 3.42. The summed E-state index contributed by atoms with van der Waals surface area (Å²) in [5, 5.41) is 10.2. The molecule has 5 heterocycles. The van der Waals surface area contributed by atoms with Crippen LogP contribution in [0.5, 0.6) is 0 Å². The van der Waals surface area contributed by atoms with Crippen LogP contribution in [-0.4, -0.2) is 86.0 Å². The first kappa shape index (κ1) is 29.5. The number of benzene rings is 1. The minimum atomic E-state index is -0.761. The van der Waals surface area contributed by atoms with Crippen molar-refractivity contribution in [3.05, 3.63) is 77.7 Å². The van der Waals surface area contributed by atoms with E-state index in [0.29, 0.717) is 50.3 Å². The molecule has 3 fully saturated rings. The molecule has 2 bridgehead atoms. The Morgan fingerprint density at radius 1 is 1.00 bits per heavy atom. The quantitative estimate of drug-likeness (QED) is 0.475. The fourth-order valence-electron chi connectivity index (χ4n) is 7.03. The summed E-state index contributed by atoms with van der Waals surface area (Å²) in [6.07, 6.45) is 6.07. The van der Waals surface area contributed by atoms with Crippen molar-refractivity contribution < 1.29 is 19.2 Å². The second kappa shape index (κ2) is 12.6. The van der Waals surface area contributed by atoms with Gasteiger partial charge in [0.25, 0.3) is 5.91 Å². The van der Waals surface area contributed by atoms with Gasteiger partial charge >= 0.3 is 0 Å². The average molecular weight is 598 g/mol. The Balaban J connectivity index is 1.25. The molecule has 4 amide bonds. The zero-order chi connectivity index (χ0) is 30.8. The van der Waals surface area contributed by atoms with Crippen LogP contribution in [0.2, 0.25) is 0 Å². The summed E-state index contributed by atoms with van der Waals surface area (Å²) in [5.41, 5.74) is 2.22. The molecular weight excluding hydrogens is 558 g/mol. The highest BCUT2D eigenvalue weighted by atomic mass is 16.2. The van der Waals surface area contributed by atoms with Crippen molar-refractivity contribution in [2.24, 2.45) is 11.8 Å². The first-order valence-electron chi connectivity index (χ1n) is 15.5. The highest BCUT2D eigenvalue weighted by Gasteiger charge is 2.45. The summed E-state index contributed by atoms with van der Waals surface area (Å²) in [7, 11) is 0. The van der Waals surface area contributed by atoms with Crippen molar-refractivity contribution in [2.75, 3.05) is 19.6 Å². The third-order valence-corrected chi connectivity index (χ3v) is 9.22. The molecule has 0 aliphatic carbocycles. The van der Waals surface area contributed by atoms with Crippen LogP contribution in [0.15, 0.2) is 60.9 Å². The van der Waals surface area contributed by atoms with Crippen LogP contribution in [0.1, 0.15) is 54.2 Å². The summed E-state index contributed by atoms with van der Waals surface area (Å²) >= 11 is 0. The molecule has 3 aliphatic heterocycles. The number of rotatable bonds is 4. The molecule has 230 valence electrons. The standard InChI is InChI=1S/C33H39N7O4/c1-21-31(42)37-27(16-23-9-4-3-5-10-23)33(44)39-19-24-15-25(28(39)11-8-13-30(41)36-21)20-38(18-24)32(43)26-17-35-40(22(26)2)29-12-6-7-14-34-29/h3-7,9-10,12,14,17,21,24-25,27-28H,8,11,13,15-16,18-20H2,1-2H3,(H,36,41)(H,37,42)/t21-,24+,25-,27+,28+/m1/s1. The molecule has 11 heteroatoms. The lowest BCUT2D eigenvalue weighted by molar-refractivity contribution is -0.145. The van der Waals surface area contributed by atoms with Gasteiger partial charge in [-0.2, -0.15) is 5.10 Å². The third kappa shape index (κ3) is 6.09. The van der Waals surface area contributed by atoms with Crippen LogP contribution in [-0.2, 0) is 20.8 Å². The zero-order valence-corrected chi connectivity index (χ0v) is 25.2. The van der Waals surface area contributed by atoms with Crippen molar-refractivity contribution in [1.29, 1.82) is 0 Å². The van der Waals surface area contributed by atoms with E-state index in [1.807, 2.05) is 65.3 Å². The SMILES string of the molecule is Cc1c(C(=O)N2C[C@@H]3C[C@H](C2)[C@@H]2CCCC(=O)N[C@H](C)C(=O)N[C@@H](Cc4ccccc4)C(=O)N2C3)cnn1-c1ccccn1. The Morgan fingerprint density at radius 3 is 2.57 bits per heavy atom. The van der Waals surface area contributed by atoms with E-state index in [2.05, 4.69) is 20.7 Å². The van der Waals surface area contributed by atoms with Gasteiger partial charge in [-0.05, 0) is 62.6 Å². The van der Waals surface area contributed by atoms with E-state index in [1.165, 1.54) is 0 Å². The summed E-state index contributed by atoms with van der Waals surface area (Å²) < 4.78 is 1.68. The van der Waals surface area contributed by atoms with Gasteiger partial charge in [0.2, 0.25) is 17.7 Å². The lowest BCUT2D eigenvalue weighted by Crippen LogP contribution is -2.63. The Labute approximate surface area is 257 Å². The first-order valence-corrected chi connectivity index (χ1v) is 15.5. The van der Waals surface area contributed by atoms with E-state index < -0.39 is 12.1 Å². The largest absolute Gasteiger partial charge is 0.345 e. The van der Waals surface area contributed by atoms with E-state index in [4.69, 9.17) is 0 Å². The van der Waals surface area contributed by atoms with Gasteiger partial charge in [-0.3, -0.25) is 19.2 Å². The number of aromatic nitrogens is 3. The van der Waals surface area contributed by atoms with E-state index in [1.54, 1.807) is 24.0 Å². The number of carbonyl (C=O) groups is 4. The monoisotopic (exact) mass is 597 g/mol. The fraction of sp³-hybridized carbons (Fsp3) is 0.455. The highest BCUT2D eigenvalue weighted by molar-refractivity contribution is 5.95. The molecule has 3 aromatic rings. The molecule has 1 aromatic carbocycles. The number of hydrogen-bond donors (Lipinski definition) is 2. The molecule has 2 N–H and O–H groups in total. The van der Waals surface area contributed by atoms with Crippen LogP contribution < -0.4 is 10.6 Å². The molecular formula is C33H39N7O4. The summed E-state index contributed by atoms with van der Waals surface area (Å²) in [4.78, 5) is 62.1. The van der Waals surface area contributed by atoms with Crippen molar-refractivity contribution in [3.63, 3.8) is 0 Å². The van der Waals surface area contributed by atoms with E-state index in [0.717, 1.165) is 17.7 Å². The number of amides is 4. The molecule has 0 unspecified atom stereocenters. The summed E-state index contributed by atoms with van der Waals surface area (Å²) in [6.45, 7) is 5.07. The molecule has 0 saturated carbocycles. The van der Waals surface area contributed by atoms with E-state index in [-0.39, 0.29) is 47.9 Å². The van der Waals surface area contributed by atoms with Gasteiger partial charge in [0, 0.05) is 44.7 Å². The van der Waals surface area contributed by atoms with Crippen LogP contribution in [0.3, 0.4) is 0 Å². The summed E-state index contributed by atoms with van der Waals surface area (Å²) in [5.74, 6) is 0.0769. The Bertz CT molecular complexity index is 1530. The van der Waals surface area contributed by atoms with Gasteiger partial charge in [-0.1, -0.05) is 36.4 Å². The van der Waals surface area contributed by atoms with Crippen LogP contribution in [0.4, 0.5) is 0 Å². The molecule has 3 aliphatic rings. The maximum absolute atomic E-state index is 14.3. The number of carbonyl (C=O) groups excluding carboxylic acids is 4. The molecule has 2 aromatic heterocycles. The predicted octanol–water partition coefficient (Wildman–Crippen LogP) is 2.28. The molecule has 0 spiro atoms. The number of nitrogens with zero attached hydrogens (tertiary/aromatic N) is 5. The van der Waals surface area contributed by atoms with Crippen molar-refractivity contribution >= 4 is 23.6 Å². The molecule has 11 nitrogen and oxygen atoms in total. The maximum Gasteiger partial charge on any atom is 0.257 e. The second-order valence-electron chi connectivity index (χ2n) is 12.3. The molecule has 3 saturated heterocycles. The topological polar surface area (TPSA) is 130 Å². The lowest BCUT2D eigenvalue weighted by Gasteiger charge is -2.51. The van der Waals surface area contributed by atoms with Gasteiger partial charge in [0.1, 0.15) is 12.1 Å². The highest BCUT2D eigenvalue weighted by Crippen LogP contribution is 2.37. The van der Waals surface area contributed by atoms with E-state index in [9.17, 15) is 19.2 Å². The van der Waals surface area contributed by atoms with Crippen LogP contribution in [0.25, 0.3) is 5.82 Å². The molecule has 6 rings (SSSR count). The van der Waals surface area contributed by atoms with Crippen molar-refractivity contribution in [1.82, 2.24) is 35.2 Å². The second-order valence-corrected chi connectivity index (χ2v) is 12.3. The number of fused-ring (bicyclic) bond motifs is 4. The Kier molecular flexibility index (Phi) is 8.45. The van der Waals surface area contributed by atoms with Gasteiger partial charge in [0.05, 0.1) is 17.5 Å². The van der Waals surface area contributed by atoms with E-state index >= 15 is 0 Å². The maximum atomic E-state index is 14.3. The number of hydrogen-bond acceptors (Lipinski definition) is 6. The minimum Gasteiger partial charge on any atom is -0.345 e. The number of nitrogens with one attached hydrogen (secondary N) is 2. The minimum absolute atomic E-state index is 0.0551. The molecule has 44 heavy (non-hydrogen) atoms. The van der Waals surface area contributed by atoms with Gasteiger partial charge in [-0.25, -0.2) is 9.67 Å². The fourth-order valence-corrected chi connectivity index (χ4v) is 7.03. The number of piperidine rings is 2. The van der Waals surface area contributed by atoms with Crippen LogP contribution in [0, 0.1) is 18.8 Å². The Morgan fingerprint density at radius 2 is 1.80 bits per heavy atom. The smallest absolute Gasteiger partial charge is 0.257 e. The Hall–Kier alpha value is -4.54. The zero-order valence-electron chi connectivity index (χ0n) is 25.2. The molecule has 5 atom stereocenters. The number of likely N-dealkylation sites (tertiary alicyclic amines) is 1.